The molecule has 0 unspecified atom stereocenters. The van der Waals surface area contributed by atoms with E-state index < -0.39 is 24.1 Å². The fourth-order valence-electron chi connectivity index (χ4n) is 2.06. The van der Waals surface area contributed by atoms with Gasteiger partial charge in [0.2, 0.25) is 17.6 Å². The molecular weight excluding hydrogens is 411 g/mol. The average Bonchev–Trinajstić information content (AvgIpc) is 3.16. The number of ether oxygens (including phenoxy) is 1. The highest BCUT2D eigenvalue weighted by Crippen LogP contribution is 2.23. The van der Waals surface area contributed by atoms with Crippen molar-refractivity contribution >= 4 is 17.6 Å². The summed E-state index contributed by atoms with van der Waals surface area (Å²) in [5, 5.41) is 5.98. The van der Waals surface area contributed by atoms with E-state index in [0.29, 0.717) is 5.69 Å². The van der Waals surface area contributed by atoms with Crippen LogP contribution in [0, 0.1) is 0 Å². The Morgan fingerprint density at radius 1 is 1.10 bits per heavy atom. The van der Waals surface area contributed by atoms with Crippen LogP contribution in [0.3, 0.4) is 0 Å². The van der Waals surface area contributed by atoms with Crippen LogP contribution in [-0.4, -0.2) is 38.4 Å². The highest BCUT2D eigenvalue weighted by molar-refractivity contribution is 5.91. The van der Waals surface area contributed by atoms with Gasteiger partial charge in [0.15, 0.2) is 0 Å². The van der Waals surface area contributed by atoms with E-state index in [1.165, 1.54) is 30.7 Å². The largest absolute Gasteiger partial charge is 0.573 e. The second kappa shape index (κ2) is 8.85. The zero-order valence-corrected chi connectivity index (χ0v) is 14.8. The number of hydrazine groups is 1. The van der Waals surface area contributed by atoms with E-state index in [0.717, 1.165) is 12.1 Å². The van der Waals surface area contributed by atoms with E-state index >= 15 is 0 Å². The van der Waals surface area contributed by atoms with Crippen LogP contribution in [0.15, 0.2) is 47.4 Å². The number of amides is 3. The number of hydrogen-bond donors (Lipinski definition) is 3. The average molecular weight is 423 g/mol. The van der Waals surface area contributed by atoms with Crippen molar-refractivity contribution in [1.82, 2.24) is 31.0 Å². The zero-order valence-electron chi connectivity index (χ0n) is 14.8. The van der Waals surface area contributed by atoms with Gasteiger partial charge in [-0.25, -0.2) is 15.2 Å². The smallest absolute Gasteiger partial charge is 0.406 e. The number of urea groups is 1. The van der Waals surface area contributed by atoms with Crippen LogP contribution < -0.4 is 20.9 Å². The van der Waals surface area contributed by atoms with E-state index in [9.17, 15) is 22.8 Å². The number of rotatable bonds is 5. The second-order valence-corrected chi connectivity index (χ2v) is 5.48. The predicted octanol–water partition coefficient (Wildman–Crippen LogP) is 1.82. The Morgan fingerprint density at radius 3 is 2.53 bits per heavy atom. The molecule has 156 valence electrons. The number of hydrogen-bond acceptors (Lipinski definition) is 8. The molecule has 0 aliphatic rings. The van der Waals surface area contributed by atoms with Crippen molar-refractivity contribution in [2.75, 3.05) is 5.32 Å². The molecule has 14 heteroatoms. The maximum atomic E-state index is 12.1. The number of nitrogens with zero attached hydrogens (tertiary/aromatic N) is 4. The monoisotopic (exact) mass is 423 g/mol. The summed E-state index contributed by atoms with van der Waals surface area (Å²) >= 11 is 0. The highest BCUT2D eigenvalue weighted by Gasteiger charge is 2.30. The third-order valence-electron chi connectivity index (χ3n) is 3.23. The first kappa shape index (κ1) is 20.5. The summed E-state index contributed by atoms with van der Waals surface area (Å²) in [5.74, 6) is -0.972. The number of aromatic nitrogens is 4. The van der Waals surface area contributed by atoms with Crippen LogP contribution in [0.25, 0.3) is 11.5 Å². The molecule has 0 aliphatic carbocycles. The van der Waals surface area contributed by atoms with Gasteiger partial charge in [0, 0.05) is 18.1 Å². The van der Waals surface area contributed by atoms with Gasteiger partial charge in [0.1, 0.15) is 17.9 Å². The number of carbonyl (C=O) groups excluding carboxylic acids is 2. The molecule has 0 saturated carbocycles. The Labute approximate surface area is 165 Å². The van der Waals surface area contributed by atoms with Gasteiger partial charge in [-0.2, -0.15) is 4.98 Å². The topological polar surface area (TPSA) is 144 Å². The lowest BCUT2D eigenvalue weighted by Gasteiger charge is -2.10. The van der Waals surface area contributed by atoms with Crippen molar-refractivity contribution in [3.05, 3.63) is 48.7 Å². The highest BCUT2D eigenvalue weighted by atomic mass is 19.4. The lowest BCUT2D eigenvalue weighted by Crippen LogP contribution is -2.44. The normalized spacial score (nSPS) is 10.9. The Morgan fingerprint density at radius 2 is 1.87 bits per heavy atom. The van der Waals surface area contributed by atoms with Gasteiger partial charge in [-0.15, -0.1) is 13.2 Å². The molecule has 2 heterocycles. The Kier molecular flexibility index (Phi) is 6.05. The molecule has 0 spiro atoms. The van der Waals surface area contributed by atoms with E-state index in [-0.39, 0.29) is 23.8 Å². The Balaban J connectivity index is 1.44. The molecule has 3 N–H and O–H groups in total. The molecule has 2 aromatic heterocycles. The van der Waals surface area contributed by atoms with E-state index in [1.807, 2.05) is 0 Å². The van der Waals surface area contributed by atoms with Crippen molar-refractivity contribution in [1.29, 1.82) is 0 Å². The minimum atomic E-state index is -4.82. The quantitative estimate of drug-likeness (QED) is 0.527. The van der Waals surface area contributed by atoms with Crippen molar-refractivity contribution in [2.45, 2.75) is 12.8 Å². The molecule has 1 aromatic carbocycles. The minimum absolute atomic E-state index is 0.0179. The first-order valence-electron chi connectivity index (χ1n) is 8.09. The summed E-state index contributed by atoms with van der Waals surface area (Å²) in [6.07, 6.45) is -0.805. The number of alkyl halides is 3. The molecule has 0 radical (unpaired) electrons. The molecule has 0 aliphatic heterocycles. The summed E-state index contributed by atoms with van der Waals surface area (Å²) in [5.41, 5.74) is 4.71. The van der Waals surface area contributed by atoms with Gasteiger partial charge in [-0.3, -0.25) is 15.2 Å². The molecule has 0 saturated heterocycles. The van der Waals surface area contributed by atoms with Crippen molar-refractivity contribution in [3.63, 3.8) is 0 Å². The van der Waals surface area contributed by atoms with Crippen LogP contribution in [0.4, 0.5) is 23.7 Å². The van der Waals surface area contributed by atoms with Gasteiger partial charge in [0.25, 0.3) is 0 Å². The fraction of sp³-hybridized carbons (Fsp3) is 0.125. The predicted molar refractivity (Wildman–Crippen MR) is 92.5 cm³/mol. The summed E-state index contributed by atoms with van der Waals surface area (Å²) in [6, 6.07) is 3.58. The van der Waals surface area contributed by atoms with Crippen LogP contribution in [0.1, 0.15) is 5.89 Å². The van der Waals surface area contributed by atoms with Gasteiger partial charge in [-0.05, 0) is 24.3 Å². The van der Waals surface area contributed by atoms with Crippen molar-refractivity contribution in [2.24, 2.45) is 0 Å². The number of anilines is 1. The lowest BCUT2D eigenvalue weighted by molar-refractivity contribution is -0.274. The van der Waals surface area contributed by atoms with Crippen LogP contribution >= 0.6 is 0 Å². The maximum absolute atomic E-state index is 12.1. The fourth-order valence-corrected chi connectivity index (χ4v) is 2.06. The molecule has 3 amide bonds. The first-order valence-corrected chi connectivity index (χ1v) is 8.09. The zero-order chi connectivity index (χ0) is 21.6. The first-order chi connectivity index (χ1) is 14.3. The SMILES string of the molecule is O=C(Cc1nc(-c2cnccn2)no1)NNC(=O)Nc1ccc(OC(F)(F)F)cc1. The van der Waals surface area contributed by atoms with Crippen LogP contribution in [-0.2, 0) is 11.2 Å². The van der Waals surface area contributed by atoms with Gasteiger partial charge in [-0.1, -0.05) is 5.16 Å². The van der Waals surface area contributed by atoms with Gasteiger partial charge >= 0.3 is 12.4 Å². The molecular formula is C16H12F3N7O4. The van der Waals surface area contributed by atoms with Crippen molar-refractivity contribution in [3.8, 4) is 17.3 Å². The Bertz CT molecular complexity index is 1010. The molecule has 30 heavy (non-hydrogen) atoms. The number of carbonyl (C=O) groups is 2. The second-order valence-electron chi connectivity index (χ2n) is 5.48. The van der Waals surface area contributed by atoms with Gasteiger partial charge in [0.05, 0.1) is 6.20 Å². The third kappa shape index (κ3) is 6.15. The summed E-state index contributed by atoms with van der Waals surface area (Å²) < 4.78 is 45.0. The third-order valence-corrected chi connectivity index (χ3v) is 3.23. The molecule has 3 rings (SSSR count). The van der Waals surface area contributed by atoms with Crippen LogP contribution in [0.5, 0.6) is 5.75 Å². The molecule has 0 bridgehead atoms. The van der Waals surface area contributed by atoms with E-state index in [2.05, 4.69) is 41.0 Å². The van der Waals surface area contributed by atoms with Crippen LogP contribution in [0.2, 0.25) is 0 Å². The molecule has 3 aromatic rings. The number of halogens is 3. The molecule has 11 nitrogen and oxygen atoms in total. The molecule has 0 atom stereocenters. The van der Waals surface area contributed by atoms with Gasteiger partial charge < -0.3 is 14.6 Å². The van der Waals surface area contributed by atoms with E-state index in [4.69, 9.17) is 4.52 Å². The summed E-state index contributed by atoms with van der Waals surface area (Å²) in [7, 11) is 0. The minimum Gasteiger partial charge on any atom is -0.406 e. The Hall–Kier alpha value is -4.23. The lowest BCUT2D eigenvalue weighted by atomic mass is 10.3. The summed E-state index contributed by atoms with van der Waals surface area (Å²) in [6.45, 7) is 0. The van der Waals surface area contributed by atoms with Crippen molar-refractivity contribution < 1.29 is 32.0 Å². The number of nitrogens with one attached hydrogen (secondary N) is 3. The maximum Gasteiger partial charge on any atom is 0.573 e. The molecule has 0 fully saturated rings. The number of benzene rings is 1. The summed E-state index contributed by atoms with van der Waals surface area (Å²) in [4.78, 5) is 35.5. The standard InChI is InChI=1S/C16H12F3N7O4/c17-16(18,19)29-10-3-1-9(2-4-10)22-15(28)25-24-12(27)7-13-23-14(26-30-13)11-8-20-5-6-21-11/h1-6,8H,7H2,(H,24,27)(H2,22,25,28). The van der Waals surface area contributed by atoms with E-state index in [1.54, 1.807) is 0 Å².